The van der Waals surface area contributed by atoms with Gasteiger partial charge in [-0.2, -0.15) is 0 Å². The van der Waals surface area contributed by atoms with Gasteiger partial charge in [0.2, 0.25) is 0 Å². The molecule has 1 aliphatic rings. The summed E-state index contributed by atoms with van der Waals surface area (Å²) in [4.78, 5) is 0. The zero-order chi connectivity index (χ0) is 13.1. The Bertz CT molecular complexity index is 379. The lowest BCUT2D eigenvalue weighted by molar-refractivity contribution is -0.00267. The van der Waals surface area contributed by atoms with Gasteiger partial charge in [0.1, 0.15) is 5.82 Å². The molecule has 0 heterocycles. The smallest absolute Gasteiger partial charge is 0.123 e. The maximum atomic E-state index is 12.9. The lowest BCUT2D eigenvalue weighted by Gasteiger charge is -2.40. The summed E-state index contributed by atoms with van der Waals surface area (Å²) in [7, 11) is 0. The van der Waals surface area contributed by atoms with E-state index in [1.807, 2.05) is 0 Å². The van der Waals surface area contributed by atoms with Crippen molar-refractivity contribution >= 4 is 0 Å². The summed E-state index contributed by atoms with van der Waals surface area (Å²) in [6.45, 7) is -0.0695. The molecule has 1 aromatic carbocycles. The molecule has 0 aliphatic heterocycles. The molecule has 0 aromatic heterocycles. The van der Waals surface area contributed by atoms with E-state index in [1.54, 1.807) is 12.1 Å². The van der Waals surface area contributed by atoms with Crippen molar-refractivity contribution in [1.29, 1.82) is 0 Å². The molecule has 3 N–H and O–H groups in total. The normalized spacial score (nSPS) is 32.4. The fourth-order valence-corrected chi connectivity index (χ4v) is 3.00. The monoisotopic (exact) mass is 254 g/mol. The highest BCUT2D eigenvalue weighted by atomic mass is 19.1. The van der Waals surface area contributed by atoms with Crippen LogP contribution in [0.5, 0.6) is 0 Å². The van der Waals surface area contributed by atoms with Crippen LogP contribution < -0.4 is 0 Å². The molecule has 4 heteroatoms. The summed E-state index contributed by atoms with van der Waals surface area (Å²) in [5, 5.41) is 29.0. The molecule has 1 aromatic rings. The van der Waals surface area contributed by atoms with E-state index in [0.717, 1.165) is 5.56 Å². The Balaban J connectivity index is 2.28. The fourth-order valence-electron chi connectivity index (χ4n) is 3.00. The summed E-state index contributed by atoms with van der Waals surface area (Å²) in [5.41, 5.74) is 0.820. The minimum Gasteiger partial charge on any atom is -0.396 e. The van der Waals surface area contributed by atoms with E-state index in [0.29, 0.717) is 12.8 Å². The van der Waals surface area contributed by atoms with E-state index in [1.165, 1.54) is 12.1 Å². The topological polar surface area (TPSA) is 60.7 Å². The second kappa shape index (κ2) is 5.78. The molecule has 1 fully saturated rings. The van der Waals surface area contributed by atoms with Crippen molar-refractivity contribution in [1.82, 2.24) is 0 Å². The van der Waals surface area contributed by atoms with E-state index >= 15 is 0 Å². The molecule has 1 saturated carbocycles. The molecule has 4 atom stereocenters. The average molecular weight is 254 g/mol. The van der Waals surface area contributed by atoms with Crippen LogP contribution in [0.2, 0.25) is 0 Å². The Morgan fingerprint density at radius 2 is 1.72 bits per heavy atom. The summed E-state index contributed by atoms with van der Waals surface area (Å²) in [6.07, 6.45) is 0.764. The van der Waals surface area contributed by atoms with Crippen molar-refractivity contribution in [2.75, 3.05) is 13.2 Å². The van der Waals surface area contributed by atoms with Crippen LogP contribution >= 0.6 is 0 Å². The van der Waals surface area contributed by atoms with Crippen LogP contribution in [-0.4, -0.2) is 34.6 Å². The largest absolute Gasteiger partial charge is 0.396 e. The standard InChI is InChI=1S/C14H19FO3/c15-11-4-1-9(2-5-11)14-12(8-17)10(7-16)3-6-13(14)18/h1-2,4-5,10,12-14,16-18H,3,6-8H2/t10?,12-,13+,14+/m1/s1. The second-order valence-corrected chi connectivity index (χ2v) is 5.01. The van der Waals surface area contributed by atoms with Crippen LogP contribution in [0.3, 0.4) is 0 Å². The van der Waals surface area contributed by atoms with Gasteiger partial charge in [-0.05, 0) is 42.4 Å². The highest BCUT2D eigenvalue weighted by molar-refractivity contribution is 5.23. The average Bonchev–Trinajstić information content (AvgIpc) is 2.39. The Kier molecular flexibility index (Phi) is 4.32. The number of benzene rings is 1. The predicted octanol–water partition coefficient (Wildman–Crippen LogP) is 1.28. The quantitative estimate of drug-likeness (QED) is 0.761. The molecular weight excluding hydrogens is 235 g/mol. The molecule has 1 aliphatic carbocycles. The molecule has 18 heavy (non-hydrogen) atoms. The van der Waals surface area contributed by atoms with E-state index in [9.17, 15) is 19.7 Å². The van der Waals surface area contributed by atoms with Gasteiger partial charge in [-0.3, -0.25) is 0 Å². The van der Waals surface area contributed by atoms with E-state index in [2.05, 4.69) is 0 Å². The van der Waals surface area contributed by atoms with Gasteiger partial charge < -0.3 is 15.3 Å². The Morgan fingerprint density at radius 3 is 2.28 bits per heavy atom. The minimum atomic E-state index is -0.546. The van der Waals surface area contributed by atoms with Crippen LogP contribution in [0.15, 0.2) is 24.3 Å². The van der Waals surface area contributed by atoms with E-state index in [4.69, 9.17) is 0 Å². The lowest BCUT2D eigenvalue weighted by Crippen LogP contribution is -2.39. The first-order chi connectivity index (χ1) is 8.67. The van der Waals surface area contributed by atoms with Crippen molar-refractivity contribution in [3.8, 4) is 0 Å². The predicted molar refractivity (Wildman–Crippen MR) is 65.5 cm³/mol. The second-order valence-electron chi connectivity index (χ2n) is 5.01. The maximum absolute atomic E-state index is 12.9. The number of halogens is 1. The number of hydrogen-bond acceptors (Lipinski definition) is 3. The zero-order valence-corrected chi connectivity index (χ0v) is 10.2. The molecule has 100 valence electrons. The highest BCUT2D eigenvalue weighted by Gasteiger charge is 2.38. The first kappa shape index (κ1) is 13.5. The van der Waals surface area contributed by atoms with Crippen molar-refractivity contribution in [3.63, 3.8) is 0 Å². The van der Waals surface area contributed by atoms with Crippen LogP contribution in [0.1, 0.15) is 24.3 Å². The minimum absolute atomic E-state index is 0.00606. The number of rotatable bonds is 3. The summed E-state index contributed by atoms with van der Waals surface area (Å²) in [5.74, 6) is -0.734. The van der Waals surface area contributed by atoms with Crippen LogP contribution in [0, 0.1) is 17.7 Å². The number of aliphatic hydroxyl groups is 3. The van der Waals surface area contributed by atoms with Crippen LogP contribution in [0.25, 0.3) is 0 Å². The lowest BCUT2D eigenvalue weighted by atomic mass is 9.68. The summed E-state index contributed by atoms with van der Waals surface area (Å²) in [6, 6.07) is 6.01. The third-order valence-electron chi connectivity index (χ3n) is 4.01. The maximum Gasteiger partial charge on any atom is 0.123 e. The third-order valence-corrected chi connectivity index (χ3v) is 4.01. The molecule has 1 unspecified atom stereocenters. The Labute approximate surface area is 106 Å². The first-order valence-electron chi connectivity index (χ1n) is 6.32. The van der Waals surface area contributed by atoms with Crippen molar-refractivity contribution in [2.24, 2.45) is 11.8 Å². The van der Waals surface area contributed by atoms with Crippen molar-refractivity contribution in [3.05, 3.63) is 35.6 Å². The molecule has 2 rings (SSSR count). The first-order valence-corrected chi connectivity index (χ1v) is 6.32. The molecule has 0 bridgehead atoms. The number of hydrogen-bond donors (Lipinski definition) is 3. The van der Waals surface area contributed by atoms with Crippen molar-refractivity contribution in [2.45, 2.75) is 24.9 Å². The van der Waals surface area contributed by atoms with Gasteiger partial charge in [0.15, 0.2) is 0 Å². The number of aliphatic hydroxyl groups excluding tert-OH is 3. The molecular formula is C14H19FO3. The van der Waals surface area contributed by atoms with Gasteiger partial charge in [0.05, 0.1) is 6.10 Å². The summed E-state index contributed by atoms with van der Waals surface area (Å²) >= 11 is 0. The SMILES string of the molecule is OCC1CC[C@H](O)[C@@H](c2ccc(F)cc2)[C@@H]1CO. The van der Waals surface area contributed by atoms with Gasteiger partial charge in [-0.25, -0.2) is 4.39 Å². The van der Waals surface area contributed by atoms with Gasteiger partial charge in [-0.1, -0.05) is 12.1 Å². The highest BCUT2D eigenvalue weighted by Crippen LogP contribution is 2.41. The molecule has 0 saturated heterocycles. The van der Waals surface area contributed by atoms with E-state index < -0.39 is 6.10 Å². The fraction of sp³-hybridized carbons (Fsp3) is 0.571. The van der Waals surface area contributed by atoms with Gasteiger partial charge >= 0.3 is 0 Å². The van der Waals surface area contributed by atoms with Gasteiger partial charge in [-0.15, -0.1) is 0 Å². The van der Waals surface area contributed by atoms with Crippen LogP contribution in [0.4, 0.5) is 4.39 Å². The zero-order valence-electron chi connectivity index (χ0n) is 10.2. The Morgan fingerprint density at radius 1 is 1.06 bits per heavy atom. The molecule has 0 spiro atoms. The Hall–Kier alpha value is -0.970. The van der Waals surface area contributed by atoms with Crippen molar-refractivity contribution < 1.29 is 19.7 Å². The molecule has 3 nitrogen and oxygen atoms in total. The molecule has 0 radical (unpaired) electrons. The van der Waals surface area contributed by atoms with Crippen LogP contribution in [-0.2, 0) is 0 Å². The summed E-state index contributed by atoms with van der Waals surface area (Å²) < 4.78 is 12.9. The van der Waals surface area contributed by atoms with Gasteiger partial charge in [0, 0.05) is 19.1 Å². The molecule has 0 amide bonds. The van der Waals surface area contributed by atoms with Gasteiger partial charge in [0.25, 0.3) is 0 Å². The third kappa shape index (κ3) is 2.55. The van der Waals surface area contributed by atoms with E-state index in [-0.39, 0.29) is 36.8 Å².